The Hall–Kier alpha value is -2.36. The van der Waals surface area contributed by atoms with E-state index in [4.69, 9.17) is 0 Å². The molecule has 0 radical (unpaired) electrons. The molecular formula is C19H23FN2O. The van der Waals surface area contributed by atoms with Gasteiger partial charge < -0.3 is 10.6 Å². The molecule has 2 aromatic rings. The maximum atomic E-state index is 13.9. The van der Waals surface area contributed by atoms with Gasteiger partial charge in [-0.05, 0) is 24.1 Å². The number of hydrogen-bond acceptors (Lipinski definition) is 1. The number of aryl methyl sites for hydroxylation is 1. The molecule has 0 aromatic heterocycles. The molecule has 2 N–H and O–H groups in total. The van der Waals surface area contributed by atoms with Gasteiger partial charge in [0.15, 0.2) is 0 Å². The third-order valence-corrected chi connectivity index (χ3v) is 3.87. The molecule has 0 fully saturated rings. The second-order valence-electron chi connectivity index (χ2n) is 6.39. The molecule has 0 saturated heterocycles. The van der Waals surface area contributed by atoms with Gasteiger partial charge in [0.1, 0.15) is 5.82 Å². The zero-order valence-electron chi connectivity index (χ0n) is 13.8. The fourth-order valence-corrected chi connectivity index (χ4v) is 2.36. The molecule has 2 aromatic carbocycles. The quantitative estimate of drug-likeness (QED) is 0.863. The number of rotatable bonds is 5. The monoisotopic (exact) mass is 314 g/mol. The van der Waals surface area contributed by atoms with Crippen LogP contribution >= 0.6 is 0 Å². The number of nitrogens with one attached hydrogen (secondary N) is 2. The van der Waals surface area contributed by atoms with Gasteiger partial charge in [-0.2, -0.15) is 0 Å². The Labute approximate surface area is 136 Å². The van der Waals surface area contributed by atoms with E-state index < -0.39 is 5.41 Å². The summed E-state index contributed by atoms with van der Waals surface area (Å²) in [4.78, 5) is 11.9. The lowest BCUT2D eigenvalue weighted by molar-refractivity contribution is 0.238. The number of urea groups is 1. The lowest BCUT2D eigenvalue weighted by atomic mass is 9.84. The summed E-state index contributed by atoms with van der Waals surface area (Å²) in [5, 5.41) is 5.63. The highest BCUT2D eigenvalue weighted by Gasteiger charge is 2.24. The third-order valence-electron chi connectivity index (χ3n) is 3.87. The van der Waals surface area contributed by atoms with Crippen LogP contribution in [0, 0.1) is 12.7 Å². The summed E-state index contributed by atoms with van der Waals surface area (Å²) >= 11 is 0. The van der Waals surface area contributed by atoms with Crippen molar-refractivity contribution in [3.63, 3.8) is 0 Å². The smallest absolute Gasteiger partial charge is 0.315 e. The Morgan fingerprint density at radius 1 is 1.04 bits per heavy atom. The number of halogens is 1. The van der Waals surface area contributed by atoms with Crippen molar-refractivity contribution in [3.05, 3.63) is 71.0 Å². The zero-order valence-corrected chi connectivity index (χ0v) is 13.8. The van der Waals surface area contributed by atoms with Gasteiger partial charge in [0, 0.05) is 18.5 Å². The second-order valence-corrected chi connectivity index (χ2v) is 6.39. The highest BCUT2D eigenvalue weighted by Crippen LogP contribution is 2.24. The lowest BCUT2D eigenvalue weighted by Gasteiger charge is -2.26. The van der Waals surface area contributed by atoms with Crippen LogP contribution in [-0.4, -0.2) is 12.6 Å². The Morgan fingerprint density at radius 2 is 1.70 bits per heavy atom. The molecule has 2 rings (SSSR count). The van der Waals surface area contributed by atoms with Crippen molar-refractivity contribution in [1.29, 1.82) is 0 Å². The summed E-state index contributed by atoms with van der Waals surface area (Å²) in [6.45, 7) is 6.66. The summed E-state index contributed by atoms with van der Waals surface area (Å²) in [6, 6.07) is 14.4. The number of hydrogen-bond donors (Lipinski definition) is 2. The molecule has 0 aliphatic heterocycles. The molecular weight excluding hydrogens is 291 g/mol. The van der Waals surface area contributed by atoms with Crippen molar-refractivity contribution in [3.8, 4) is 0 Å². The summed E-state index contributed by atoms with van der Waals surface area (Å²) < 4.78 is 13.9. The largest absolute Gasteiger partial charge is 0.337 e. The van der Waals surface area contributed by atoms with Gasteiger partial charge in [0.25, 0.3) is 0 Å². The van der Waals surface area contributed by atoms with E-state index in [2.05, 4.69) is 10.6 Å². The molecule has 0 atom stereocenters. The second kappa shape index (κ2) is 7.27. The van der Waals surface area contributed by atoms with Crippen LogP contribution in [0.5, 0.6) is 0 Å². The first-order valence-electron chi connectivity index (χ1n) is 7.71. The standard InChI is InChI=1S/C19H23FN2O/c1-14-8-10-15(11-9-14)12-21-18(23)22-13-19(2,3)16-6-4-5-7-17(16)20/h4-11H,12-13H2,1-3H3,(H2,21,22,23). The van der Waals surface area contributed by atoms with Crippen LogP contribution in [0.15, 0.2) is 48.5 Å². The van der Waals surface area contributed by atoms with E-state index in [9.17, 15) is 9.18 Å². The molecule has 0 heterocycles. The Morgan fingerprint density at radius 3 is 2.35 bits per heavy atom. The molecule has 4 heteroatoms. The van der Waals surface area contributed by atoms with Gasteiger partial charge in [-0.15, -0.1) is 0 Å². The Kier molecular flexibility index (Phi) is 5.37. The summed E-state index contributed by atoms with van der Waals surface area (Å²) in [5.74, 6) is -0.251. The van der Waals surface area contributed by atoms with Crippen LogP contribution in [0.2, 0.25) is 0 Å². The predicted molar refractivity (Wildman–Crippen MR) is 90.8 cm³/mol. The Balaban J connectivity index is 1.86. The van der Waals surface area contributed by atoms with E-state index in [1.807, 2.05) is 45.0 Å². The average Bonchev–Trinajstić information content (AvgIpc) is 2.53. The topological polar surface area (TPSA) is 41.1 Å². The highest BCUT2D eigenvalue weighted by atomic mass is 19.1. The summed E-state index contributed by atoms with van der Waals surface area (Å²) in [7, 11) is 0. The van der Waals surface area contributed by atoms with Crippen LogP contribution in [-0.2, 0) is 12.0 Å². The number of carbonyl (C=O) groups excluding carboxylic acids is 1. The van der Waals surface area contributed by atoms with Crippen LogP contribution < -0.4 is 10.6 Å². The van der Waals surface area contributed by atoms with Crippen LogP contribution in [0.25, 0.3) is 0 Å². The highest BCUT2D eigenvalue weighted by molar-refractivity contribution is 5.74. The third kappa shape index (κ3) is 4.81. The van der Waals surface area contributed by atoms with Crippen molar-refractivity contribution < 1.29 is 9.18 Å². The van der Waals surface area contributed by atoms with Crippen molar-refractivity contribution >= 4 is 6.03 Å². The van der Waals surface area contributed by atoms with Crippen LogP contribution in [0.1, 0.15) is 30.5 Å². The van der Waals surface area contributed by atoms with Gasteiger partial charge in [0.05, 0.1) is 0 Å². The van der Waals surface area contributed by atoms with Gasteiger partial charge in [-0.25, -0.2) is 9.18 Å². The minimum atomic E-state index is -0.480. The normalized spacial score (nSPS) is 11.1. The molecule has 0 spiro atoms. The van der Waals surface area contributed by atoms with Crippen molar-refractivity contribution in [2.45, 2.75) is 32.7 Å². The Bertz CT molecular complexity index is 665. The van der Waals surface area contributed by atoms with E-state index in [1.54, 1.807) is 18.2 Å². The average molecular weight is 314 g/mol. The summed E-state index contributed by atoms with van der Waals surface area (Å²) in [6.07, 6.45) is 0. The van der Waals surface area contributed by atoms with Crippen molar-refractivity contribution in [2.75, 3.05) is 6.54 Å². The molecule has 2 amide bonds. The number of benzene rings is 2. The fourth-order valence-electron chi connectivity index (χ4n) is 2.36. The minimum Gasteiger partial charge on any atom is -0.337 e. The van der Waals surface area contributed by atoms with Gasteiger partial charge in [-0.3, -0.25) is 0 Å². The lowest BCUT2D eigenvalue weighted by Crippen LogP contribution is -2.42. The van der Waals surface area contributed by atoms with E-state index in [1.165, 1.54) is 11.6 Å². The first-order valence-corrected chi connectivity index (χ1v) is 7.71. The SMILES string of the molecule is Cc1ccc(CNC(=O)NCC(C)(C)c2ccccc2F)cc1. The minimum absolute atomic E-state index is 0.251. The summed E-state index contributed by atoms with van der Waals surface area (Å²) in [5.41, 5.74) is 2.34. The van der Waals surface area contributed by atoms with Crippen molar-refractivity contribution in [2.24, 2.45) is 0 Å². The molecule has 0 unspecified atom stereocenters. The van der Waals surface area contributed by atoms with Gasteiger partial charge in [0.2, 0.25) is 0 Å². The first kappa shape index (κ1) is 17.0. The molecule has 0 aliphatic rings. The number of carbonyl (C=O) groups is 1. The molecule has 0 bridgehead atoms. The van der Waals surface area contributed by atoms with Crippen LogP contribution in [0.3, 0.4) is 0 Å². The maximum Gasteiger partial charge on any atom is 0.315 e. The van der Waals surface area contributed by atoms with Gasteiger partial charge >= 0.3 is 6.03 Å². The molecule has 0 saturated carbocycles. The molecule has 23 heavy (non-hydrogen) atoms. The van der Waals surface area contributed by atoms with Crippen molar-refractivity contribution in [1.82, 2.24) is 10.6 Å². The van der Waals surface area contributed by atoms with E-state index in [0.29, 0.717) is 18.7 Å². The van der Waals surface area contributed by atoms with E-state index in [-0.39, 0.29) is 11.8 Å². The van der Waals surface area contributed by atoms with Crippen LogP contribution in [0.4, 0.5) is 9.18 Å². The fraction of sp³-hybridized carbons (Fsp3) is 0.316. The maximum absolute atomic E-state index is 13.9. The molecule has 3 nitrogen and oxygen atoms in total. The zero-order chi connectivity index (χ0) is 16.9. The molecule has 0 aliphatic carbocycles. The van der Waals surface area contributed by atoms with E-state index >= 15 is 0 Å². The number of amides is 2. The van der Waals surface area contributed by atoms with E-state index in [0.717, 1.165) is 5.56 Å². The van der Waals surface area contributed by atoms with Gasteiger partial charge in [-0.1, -0.05) is 61.9 Å². The molecule has 122 valence electrons. The first-order chi connectivity index (χ1) is 10.9. The predicted octanol–water partition coefficient (Wildman–Crippen LogP) is 3.91.